The smallest absolute Gasteiger partial charge is 0.175 e. The number of nitrogens with one attached hydrogen (secondary N) is 1. The minimum absolute atomic E-state index is 0.167. The predicted octanol–water partition coefficient (Wildman–Crippen LogP) is 5.06. The number of nitrogens with zero attached hydrogens (tertiary/aromatic N) is 2. The van der Waals surface area contributed by atoms with Crippen LogP contribution in [0.5, 0.6) is 17.2 Å². The summed E-state index contributed by atoms with van der Waals surface area (Å²) < 4.78 is 40.8. The molecule has 35 heavy (non-hydrogen) atoms. The topological polar surface area (TPSA) is 103 Å². The molecule has 0 aliphatic carbocycles. The number of hydrogen-bond acceptors (Lipinski definition) is 7. The highest BCUT2D eigenvalue weighted by Gasteiger charge is 2.13. The van der Waals surface area contributed by atoms with Crippen LogP contribution in [0, 0.1) is 6.92 Å². The molecule has 4 aromatic rings. The van der Waals surface area contributed by atoms with Gasteiger partial charge in [-0.25, -0.2) is 8.42 Å². The largest absolute Gasteiger partial charge is 0.488 e. The van der Waals surface area contributed by atoms with Crippen LogP contribution >= 0.6 is 0 Å². The Morgan fingerprint density at radius 3 is 2.29 bits per heavy atom. The number of aromatic nitrogens is 3. The summed E-state index contributed by atoms with van der Waals surface area (Å²) in [6, 6.07) is 15.8. The van der Waals surface area contributed by atoms with Crippen molar-refractivity contribution in [1.29, 1.82) is 0 Å². The predicted molar refractivity (Wildman–Crippen MR) is 134 cm³/mol. The molecular formula is C26H27N3O5S. The Hall–Kier alpha value is -3.69. The van der Waals surface area contributed by atoms with Crippen LogP contribution in [-0.4, -0.2) is 49.4 Å². The van der Waals surface area contributed by atoms with Crippen molar-refractivity contribution in [3.8, 4) is 39.9 Å². The Morgan fingerprint density at radius 2 is 1.63 bits per heavy atom. The summed E-state index contributed by atoms with van der Waals surface area (Å²) in [4.78, 5) is 12.4. The summed E-state index contributed by atoms with van der Waals surface area (Å²) in [7, 11) is -1.66. The molecule has 0 aliphatic rings. The van der Waals surface area contributed by atoms with E-state index in [9.17, 15) is 8.42 Å². The van der Waals surface area contributed by atoms with Crippen molar-refractivity contribution in [2.24, 2.45) is 0 Å². The number of ether oxygens (including phenoxy) is 3. The zero-order valence-electron chi connectivity index (χ0n) is 20.0. The SMILES string of the molecule is COC[C@H](C)Oc1cc(Oc2ccc(S(C)(=O)=O)cc2)cc(-c2ccc(-c3cnc(C)cn3)[nH]2)c1. The Bertz CT molecular complexity index is 1400. The second-order valence-electron chi connectivity index (χ2n) is 8.25. The van der Waals surface area contributed by atoms with E-state index in [1.165, 1.54) is 18.4 Å². The highest BCUT2D eigenvalue weighted by atomic mass is 32.2. The molecular weight excluding hydrogens is 466 g/mol. The van der Waals surface area contributed by atoms with Gasteiger partial charge in [-0.15, -0.1) is 0 Å². The van der Waals surface area contributed by atoms with Gasteiger partial charge in [-0.1, -0.05) is 0 Å². The Morgan fingerprint density at radius 1 is 0.914 bits per heavy atom. The molecule has 9 heteroatoms. The normalized spacial score (nSPS) is 12.3. The summed E-state index contributed by atoms with van der Waals surface area (Å²) in [5.74, 6) is 1.66. The Labute approximate surface area is 204 Å². The summed E-state index contributed by atoms with van der Waals surface area (Å²) in [6.45, 7) is 4.25. The van der Waals surface area contributed by atoms with Gasteiger partial charge >= 0.3 is 0 Å². The highest BCUT2D eigenvalue weighted by Crippen LogP contribution is 2.34. The fourth-order valence-corrected chi connectivity index (χ4v) is 4.12. The van der Waals surface area contributed by atoms with Crippen molar-refractivity contribution >= 4 is 9.84 Å². The fourth-order valence-electron chi connectivity index (χ4n) is 3.49. The molecule has 182 valence electrons. The molecule has 8 nitrogen and oxygen atoms in total. The number of rotatable bonds is 9. The van der Waals surface area contributed by atoms with E-state index < -0.39 is 9.84 Å². The molecule has 1 atom stereocenters. The Balaban J connectivity index is 1.66. The van der Waals surface area contributed by atoms with Crippen molar-refractivity contribution in [3.05, 3.63) is 72.7 Å². The van der Waals surface area contributed by atoms with Gasteiger partial charge in [0, 0.05) is 36.9 Å². The monoisotopic (exact) mass is 493 g/mol. The molecule has 0 fully saturated rings. The summed E-state index contributed by atoms with van der Waals surface area (Å²) in [5.41, 5.74) is 4.13. The van der Waals surface area contributed by atoms with E-state index in [4.69, 9.17) is 14.2 Å². The van der Waals surface area contributed by atoms with Gasteiger partial charge in [-0.2, -0.15) is 0 Å². The van der Waals surface area contributed by atoms with Crippen LogP contribution < -0.4 is 9.47 Å². The lowest BCUT2D eigenvalue weighted by atomic mass is 10.1. The number of benzene rings is 2. The van der Waals surface area contributed by atoms with Crippen LogP contribution in [-0.2, 0) is 14.6 Å². The van der Waals surface area contributed by atoms with Gasteiger partial charge in [0.25, 0.3) is 0 Å². The van der Waals surface area contributed by atoms with E-state index in [-0.39, 0.29) is 11.0 Å². The fraction of sp³-hybridized carbons (Fsp3) is 0.231. The number of methoxy groups -OCH3 is 1. The van der Waals surface area contributed by atoms with Crippen LogP contribution in [0.4, 0.5) is 0 Å². The van der Waals surface area contributed by atoms with Crippen molar-refractivity contribution in [2.45, 2.75) is 24.8 Å². The minimum Gasteiger partial charge on any atom is -0.488 e. The highest BCUT2D eigenvalue weighted by molar-refractivity contribution is 7.90. The zero-order valence-corrected chi connectivity index (χ0v) is 20.8. The zero-order chi connectivity index (χ0) is 25.0. The molecule has 0 spiro atoms. The molecule has 2 aromatic carbocycles. The second kappa shape index (κ2) is 10.3. The van der Waals surface area contributed by atoms with E-state index in [1.807, 2.05) is 38.1 Å². The number of aryl methyl sites for hydroxylation is 1. The lowest BCUT2D eigenvalue weighted by molar-refractivity contribution is 0.0920. The van der Waals surface area contributed by atoms with Crippen molar-refractivity contribution in [2.75, 3.05) is 20.0 Å². The third kappa shape index (κ3) is 6.26. The molecule has 0 bridgehead atoms. The van der Waals surface area contributed by atoms with E-state index >= 15 is 0 Å². The lowest BCUT2D eigenvalue weighted by Crippen LogP contribution is -2.17. The molecule has 2 heterocycles. The van der Waals surface area contributed by atoms with Crippen LogP contribution in [0.1, 0.15) is 12.6 Å². The summed E-state index contributed by atoms with van der Waals surface area (Å²) >= 11 is 0. The van der Waals surface area contributed by atoms with Crippen LogP contribution in [0.25, 0.3) is 22.6 Å². The van der Waals surface area contributed by atoms with Crippen molar-refractivity contribution < 1.29 is 22.6 Å². The van der Waals surface area contributed by atoms with Gasteiger partial charge in [0.1, 0.15) is 29.0 Å². The maximum absolute atomic E-state index is 11.7. The molecule has 2 aromatic heterocycles. The second-order valence-corrected chi connectivity index (χ2v) is 10.3. The van der Waals surface area contributed by atoms with E-state index in [2.05, 4.69) is 15.0 Å². The van der Waals surface area contributed by atoms with E-state index in [0.29, 0.717) is 23.9 Å². The maximum atomic E-state index is 11.7. The number of hydrogen-bond donors (Lipinski definition) is 1. The minimum atomic E-state index is -3.29. The van der Waals surface area contributed by atoms with Crippen LogP contribution in [0.15, 0.2) is 71.9 Å². The first-order chi connectivity index (χ1) is 16.7. The van der Waals surface area contributed by atoms with Gasteiger partial charge in [0.05, 0.1) is 29.1 Å². The molecule has 0 unspecified atom stereocenters. The third-order valence-electron chi connectivity index (χ3n) is 5.16. The van der Waals surface area contributed by atoms with E-state index in [1.54, 1.807) is 37.7 Å². The first kappa shape index (κ1) is 24.4. The molecule has 0 saturated carbocycles. The molecule has 0 radical (unpaired) electrons. The molecule has 0 amide bonds. The van der Waals surface area contributed by atoms with Gasteiger partial charge < -0.3 is 19.2 Å². The lowest BCUT2D eigenvalue weighted by Gasteiger charge is -2.16. The average molecular weight is 494 g/mol. The summed E-state index contributed by atoms with van der Waals surface area (Å²) in [5, 5.41) is 0. The van der Waals surface area contributed by atoms with Crippen molar-refractivity contribution in [1.82, 2.24) is 15.0 Å². The first-order valence-electron chi connectivity index (χ1n) is 11.0. The molecule has 4 rings (SSSR count). The number of aromatic amines is 1. The molecule has 1 N–H and O–H groups in total. The summed E-state index contributed by atoms with van der Waals surface area (Å²) in [6.07, 6.45) is 4.46. The quantitative estimate of drug-likeness (QED) is 0.348. The Kier molecular flexibility index (Phi) is 7.18. The number of H-pyrrole nitrogens is 1. The van der Waals surface area contributed by atoms with Gasteiger partial charge in [-0.05, 0) is 62.4 Å². The van der Waals surface area contributed by atoms with E-state index in [0.717, 1.165) is 28.3 Å². The van der Waals surface area contributed by atoms with Crippen LogP contribution in [0.3, 0.4) is 0 Å². The van der Waals surface area contributed by atoms with Gasteiger partial charge in [0.2, 0.25) is 0 Å². The molecule has 0 saturated heterocycles. The number of sulfone groups is 1. The van der Waals surface area contributed by atoms with Gasteiger partial charge in [-0.3, -0.25) is 9.97 Å². The first-order valence-corrected chi connectivity index (χ1v) is 12.9. The standard InChI is InChI=1S/C26H27N3O5S/c1-17-14-28-26(15-27-17)25-10-9-24(29-25)19-11-21(33-18(2)16-32-3)13-22(12-19)34-20-5-7-23(8-6-20)35(4,30)31/h5-15,18,29H,16H2,1-4H3/t18-/m0/s1. The van der Waals surface area contributed by atoms with Crippen LogP contribution in [0.2, 0.25) is 0 Å². The third-order valence-corrected chi connectivity index (χ3v) is 6.29. The maximum Gasteiger partial charge on any atom is 0.175 e. The molecule has 0 aliphatic heterocycles. The van der Waals surface area contributed by atoms with Crippen molar-refractivity contribution in [3.63, 3.8) is 0 Å². The van der Waals surface area contributed by atoms with Gasteiger partial charge in [0.15, 0.2) is 9.84 Å². The average Bonchev–Trinajstić information content (AvgIpc) is 3.30.